The zero-order chi connectivity index (χ0) is 19.4. The van der Waals surface area contributed by atoms with Gasteiger partial charge in [-0.3, -0.25) is 18.7 Å². The van der Waals surface area contributed by atoms with Gasteiger partial charge in [-0.05, 0) is 25.1 Å². The van der Waals surface area contributed by atoms with E-state index in [0.717, 1.165) is 9.13 Å². The van der Waals surface area contributed by atoms with E-state index < -0.39 is 17.2 Å². The van der Waals surface area contributed by atoms with Crippen LogP contribution in [0.2, 0.25) is 5.15 Å². The van der Waals surface area contributed by atoms with Crippen molar-refractivity contribution in [3.63, 3.8) is 0 Å². The first-order chi connectivity index (χ1) is 12.2. The van der Waals surface area contributed by atoms with E-state index in [1.165, 1.54) is 26.1 Å². The predicted octanol–water partition coefficient (Wildman–Crippen LogP) is 1.47. The Kier molecular flexibility index (Phi) is 5.70. The zero-order valence-electron chi connectivity index (χ0n) is 14.2. The van der Waals surface area contributed by atoms with Gasteiger partial charge in [-0.2, -0.15) is 0 Å². The molecule has 0 atom stereocenters. The summed E-state index contributed by atoms with van der Waals surface area (Å²) in [6.07, 6.45) is 0. The minimum absolute atomic E-state index is 0.0684. The van der Waals surface area contributed by atoms with Crippen molar-refractivity contribution in [3.8, 4) is 17.6 Å². The third-order valence-electron chi connectivity index (χ3n) is 3.42. The quantitative estimate of drug-likeness (QED) is 0.484. The van der Waals surface area contributed by atoms with Crippen LogP contribution in [0.5, 0.6) is 5.75 Å². The molecule has 1 amide bonds. The van der Waals surface area contributed by atoms with Gasteiger partial charge in [0.15, 0.2) is 0 Å². The summed E-state index contributed by atoms with van der Waals surface area (Å²) >= 11 is 6.14. The summed E-state index contributed by atoms with van der Waals surface area (Å²) in [6.45, 7) is 4.85. The summed E-state index contributed by atoms with van der Waals surface area (Å²) in [5, 5.41) is 11.6. The van der Waals surface area contributed by atoms with Crippen molar-refractivity contribution in [3.05, 3.63) is 68.0 Å². The summed E-state index contributed by atoms with van der Waals surface area (Å²) in [5.74, 6) is 5.02. The normalized spacial score (nSPS) is 9.96. The van der Waals surface area contributed by atoms with E-state index >= 15 is 0 Å². The average Bonchev–Trinajstić information content (AvgIpc) is 2.59. The molecule has 0 fully saturated rings. The van der Waals surface area contributed by atoms with Crippen LogP contribution in [-0.2, 0) is 18.4 Å². The van der Waals surface area contributed by atoms with Crippen molar-refractivity contribution < 1.29 is 9.90 Å². The van der Waals surface area contributed by atoms with E-state index in [0.29, 0.717) is 5.56 Å². The number of aromatic hydroxyl groups is 1. The standard InChI is InChI=1S/C18H16ClN3O4/c1-11(2)16(24)20-14-15(19)22(18(26)21(3)17(14)25)9-5-7-12-6-4-8-13(23)10-12/h4,6,8,10,23H,1,9H2,2-3H3,(H,20,24). The van der Waals surface area contributed by atoms with Crippen LogP contribution in [0, 0.1) is 11.8 Å². The second-order valence-electron chi connectivity index (χ2n) is 5.49. The van der Waals surface area contributed by atoms with Gasteiger partial charge in [0, 0.05) is 18.2 Å². The van der Waals surface area contributed by atoms with Gasteiger partial charge in [0.1, 0.15) is 16.6 Å². The van der Waals surface area contributed by atoms with Gasteiger partial charge in [-0.15, -0.1) is 0 Å². The number of hydrogen-bond acceptors (Lipinski definition) is 4. The fourth-order valence-electron chi connectivity index (χ4n) is 2.01. The van der Waals surface area contributed by atoms with Crippen LogP contribution in [-0.4, -0.2) is 20.1 Å². The lowest BCUT2D eigenvalue weighted by Crippen LogP contribution is -2.40. The number of aromatic nitrogens is 2. The molecule has 26 heavy (non-hydrogen) atoms. The lowest BCUT2D eigenvalue weighted by atomic mass is 10.2. The Morgan fingerprint density at radius 2 is 2.08 bits per heavy atom. The highest BCUT2D eigenvalue weighted by molar-refractivity contribution is 6.32. The minimum Gasteiger partial charge on any atom is -0.508 e. The number of phenolic OH excluding ortho intramolecular Hbond substituents is 1. The molecule has 0 saturated heterocycles. The topological polar surface area (TPSA) is 93.3 Å². The van der Waals surface area contributed by atoms with E-state index in [4.69, 9.17) is 11.6 Å². The Balaban J connectivity index is 2.45. The molecule has 0 aliphatic heterocycles. The maximum Gasteiger partial charge on any atom is 0.332 e. The first kappa shape index (κ1) is 19.1. The Morgan fingerprint density at radius 1 is 1.38 bits per heavy atom. The number of anilines is 1. The molecule has 0 aliphatic carbocycles. The van der Waals surface area contributed by atoms with Crippen molar-refractivity contribution in [2.75, 3.05) is 5.32 Å². The summed E-state index contributed by atoms with van der Waals surface area (Å²) in [7, 11) is 1.27. The largest absolute Gasteiger partial charge is 0.508 e. The molecule has 8 heteroatoms. The molecule has 1 aromatic heterocycles. The summed E-state index contributed by atoms with van der Waals surface area (Å²) in [5.41, 5.74) is -0.884. The first-order valence-electron chi connectivity index (χ1n) is 7.46. The minimum atomic E-state index is -0.730. The van der Waals surface area contributed by atoms with Crippen molar-refractivity contribution in [1.82, 2.24) is 9.13 Å². The number of rotatable bonds is 3. The van der Waals surface area contributed by atoms with Gasteiger partial charge in [-0.25, -0.2) is 4.79 Å². The molecule has 0 bridgehead atoms. The number of hydrogen-bond donors (Lipinski definition) is 2. The maximum absolute atomic E-state index is 12.3. The van der Waals surface area contributed by atoms with Gasteiger partial charge >= 0.3 is 5.69 Å². The number of benzene rings is 1. The van der Waals surface area contributed by atoms with E-state index in [9.17, 15) is 19.5 Å². The van der Waals surface area contributed by atoms with Crippen molar-refractivity contribution in [2.45, 2.75) is 13.5 Å². The van der Waals surface area contributed by atoms with Crippen LogP contribution in [0.4, 0.5) is 5.69 Å². The molecule has 2 aromatic rings. The molecule has 134 valence electrons. The van der Waals surface area contributed by atoms with Gasteiger partial charge in [0.05, 0.1) is 6.54 Å². The molecule has 0 spiro atoms. The number of carbonyl (C=O) groups excluding carboxylic acids is 1. The van der Waals surface area contributed by atoms with Crippen LogP contribution < -0.4 is 16.6 Å². The number of amides is 1. The SMILES string of the molecule is C=C(C)C(=O)Nc1c(Cl)n(CC#Cc2cccc(O)c2)c(=O)n(C)c1=O. The molecular formula is C18H16ClN3O4. The second kappa shape index (κ2) is 7.76. The molecule has 0 saturated carbocycles. The fourth-order valence-corrected chi connectivity index (χ4v) is 2.27. The highest BCUT2D eigenvalue weighted by Crippen LogP contribution is 2.16. The Labute approximate surface area is 154 Å². The fraction of sp³-hybridized carbons (Fsp3) is 0.167. The van der Waals surface area contributed by atoms with Crippen LogP contribution >= 0.6 is 11.6 Å². The van der Waals surface area contributed by atoms with Crippen LogP contribution in [0.15, 0.2) is 46.0 Å². The number of carbonyl (C=O) groups is 1. The highest BCUT2D eigenvalue weighted by Gasteiger charge is 2.17. The number of nitrogens with one attached hydrogen (secondary N) is 1. The van der Waals surface area contributed by atoms with E-state index in [-0.39, 0.29) is 28.7 Å². The molecule has 7 nitrogen and oxygen atoms in total. The smallest absolute Gasteiger partial charge is 0.332 e. The van der Waals surface area contributed by atoms with Crippen molar-refractivity contribution in [1.29, 1.82) is 0 Å². The molecule has 0 radical (unpaired) electrons. The lowest BCUT2D eigenvalue weighted by Gasteiger charge is -2.12. The lowest BCUT2D eigenvalue weighted by molar-refractivity contribution is -0.112. The van der Waals surface area contributed by atoms with Crippen LogP contribution in [0.3, 0.4) is 0 Å². The summed E-state index contributed by atoms with van der Waals surface area (Å²) in [4.78, 5) is 36.3. The first-order valence-corrected chi connectivity index (χ1v) is 7.84. The molecule has 1 aromatic carbocycles. The Bertz CT molecular complexity index is 1070. The summed E-state index contributed by atoms with van der Waals surface area (Å²) in [6, 6.07) is 6.30. The molecule has 0 aliphatic rings. The number of phenols is 1. The molecule has 2 rings (SSSR count). The maximum atomic E-state index is 12.3. The van der Waals surface area contributed by atoms with Gasteiger partial charge < -0.3 is 10.4 Å². The Morgan fingerprint density at radius 3 is 2.69 bits per heavy atom. The molecular weight excluding hydrogens is 358 g/mol. The third kappa shape index (κ3) is 4.05. The van der Waals surface area contributed by atoms with Crippen LogP contribution in [0.25, 0.3) is 0 Å². The second-order valence-corrected chi connectivity index (χ2v) is 5.84. The van der Waals surface area contributed by atoms with Crippen molar-refractivity contribution in [2.24, 2.45) is 7.05 Å². The highest BCUT2D eigenvalue weighted by atomic mass is 35.5. The number of halogens is 1. The van der Waals surface area contributed by atoms with Gasteiger partial charge in [0.2, 0.25) is 0 Å². The van der Waals surface area contributed by atoms with E-state index in [1.807, 2.05) is 0 Å². The van der Waals surface area contributed by atoms with E-state index in [1.54, 1.807) is 12.1 Å². The average molecular weight is 374 g/mol. The van der Waals surface area contributed by atoms with Crippen molar-refractivity contribution >= 4 is 23.2 Å². The van der Waals surface area contributed by atoms with Gasteiger partial charge in [-0.1, -0.05) is 36.1 Å². The molecule has 1 heterocycles. The van der Waals surface area contributed by atoms with Gasteiger partial charge in [0.25, 0.3) is 11.5 Å². The monoisotopic (exact) mass is 373 g/mol. The van der Waals surface area contributed by atoms with E-state index in [2.05, 4.69) is 23.7 Å². The zero-order valence-corrected chi connectivity index (χ0v) is 14.9. The van der Waals surface area contributed by atoms with Crippen LogP contribution in [0.1, 0.15) is 12.5 Å². The summed E-state index contributed by atoms with van der Waals surface area (Å²) < 4.78 is 1.89. The Hall–Kier alpha value is -3.24. The molecule has 0 unspecified atom stereocenters. The predicted molar refractivity (Wildman–Crippen MR) is 99.4 cm³/mol. The third-order valence-corrected chi connectivity index (χ3v) is 3.81. The molecule has 2 N–H and O–H groups in total. The number of nitrogens with zero attached hydrogens (tertiary/aromatic N) is 2.